The van der Waals surface area contributed by atoms with Crippen LogP contribution in [0.1, 0.15) is 30.9 Å². The van der Waals surface area contributed by atoms with Crippen LogP contribution in [-0.4, -0.2) is 10.9 Å². The van der Waals surface area contributed by atoms with Crippen LogP contribution in [-0.2, 0) is 4.79 Å². The predicted octanol–water partition coefficient (Wildman–Crippen LogP) is 2.23. The van der Waals surface area contributed by atoms with Gasteiger partial charge in [0.2, 0.25) is 0 Å². The summed E-state index contributed by atoms with van der Waals surface area (Å²) in [4.78, 5) is 11.4. The van der Waals surface area contributed by atoms with Crippen LogP contribution in [0.4, 0.5) is 4.39 Å². The summed E-state index contributed by atoms with van der Waals surface area (Å²) in [6.45, 7) is 0. The molecule has 2 nitrogen and oxygen atoms in total. The molecule has 1 aliphatic rings. The molecule has 0 aliphatic heterocycles. The Balaban J connectivity index is 2.16. The predicted molar refractivity (Wildman–Crippen MR) is 53.7 cm³/mol. The van der Waals surface area contributed by atoms with Gasteiger partial charge in [0, 0.05) is 12.3 Å². The average Bonchev–Trinajstić information content (AvgIpc) is 2.65. The quantitative estimate of drug-likeness (QED) is 0.809. The van der Waals surface area contributed by atoms with Crippen LogP contribution in [0.5, 0.6) is 0 Å². The summed E-state index contributed by atoms with van der Waals surface area (Å²) in [7, 11) is 0. The number of rotatable bonds is 2. The van der Waals surface area contributed by atoms with Crippen LogP contribution in [0, 0.1) is 11.7 Å². The lowest BCUT2D eigenvalue weighted by molar-refractivity contribution is -0.123. The van der Waals surface area contributed by atoms with E-state index in [0.29, 0.717) is 12.0 Å². The summed E-state index contributed by atoms with van der Waals surface area (Å²) in [5.74, 6) is -0.508. The highest BCUT2D eigenvalue weighted by atomic mass is 19.1. The largest absolute Gasteiger partial charge is 0.388 e. The molecule has 2 atom stereocenters. The van der Waals surface area contributed by atoms with Crippen molar-refractivity contribution in [3.8, 4) is 0 Å². The Labute approximate surface area is 87.7 Å². The third-order valence-corrected chi connectivity index (χ3v) is 2.94. The van der Waals surface area contributed by atoms with Gasteiger partial charge in [-0.25, -0.2) is 4.39 Å². The van der Waals surface area contributed by atoms with Crippen molar-refractivity contribution in [3.63, 3.8) is 0 Å². The van der Waals surface area contributed by atoms with Gasteiger partial charge in [-0.2, -0.15) is 0 Å². The number of hydrogen-bond acceptors (Lipinski definition) is 2. The number of carbonyl (C=O) groups excluding carboxylic acids is 1. The molecule has 2 rings (SSSR count). The maximum atomic E-state index is 12.7. The number of aliphatic hydroxyl groups excluding tert-OH is 1. The molecule has 1 fully saturated rings. The molecule has 0 bridgehead atoms. The van der Waals surface area contributed by atoms with Crippen LogP contribution < -0.4 is 0 Å². The van der Waals surface area contributed by atoms with E-state index in [1.165, 1.54) is 24.3 Å². The Morgan fingerprint density at radius 1 is 1.33 bits per heavy atom. The SMILES string of the molecule is O=C1CCC[C@@H]1[C@H](O)c1ccc(F)cc1. The van der Waals surface area contributed by atoms with Gasteiger partial charge in [-0.3, -0.25) is 4.79 Å². The second-order valence-corrected chi connectivity index (χ2v) is 3.96. The molecule has 1 N–H and O–H groups in total. The van der Waals surface area contributed by atoms with Gasteiger partial charge in [0.25, 0.3) is 0 Å². The summed E-state index contributed by atoms with van der Waals surface area (Å²) in [6.07, 6.45) is 1.36. The first kappa shape index (κ1) is 10.3. The lowest BCUT2D eigenvalue weighted by atomic mass is 9.94. The first-order valence-electron chi connectivity index (χ1n) is 5.15. The summed E-state index contributed by atoms with van der Waals surface area (Å²) >= 11 is 0. The monoisotopic (exact) mass is 208 g/mol. The summed E-state index contributed by atoms with van der Waals surface area (Å²) in [5, 5.41) is 9.94. The Morgan fingerprint density at radius 3 is 2.53 bits per heavy atom. The number of halogens is 1. The summed E-state index contributed by atoms with van der Waals surface area (Å²) in [5.41, 5.74) is 0.622. The normalized spacial score (nSPS) is 23.1. The van der Waals surface area contributed by atoms with Crippen LogP contribution in [0.3, 0.4) is 0 Å². The summed E-state index contributed by atoms with van der Waals surface area (Å²) < 4.78 is 12.7. The minimum absolute atomic E-state index is 0.117. The highest BCUT2D eigenvalue weighted by molar-refractivity contribution is 5.83. The third kappa shape index (κ3) is 2.07. The molecule has 0 amide bonds. The molecular weight excluding hydrogens is 195 g/mol. The zero-order valence-electron chi connectivity index (χ0n) is 8.32. The molecule has 0 saturated heterocycles. The van der Waals surface area contributed by atoms with E-state index < -0.39 is 6.10 Å². The highest BCUT2D eigenvalue weighted by Gasteiger charge is 2.31. The fourth-order valence-corrected chi connectivity index (χ4v) is 2.07. The molecule has 3 heteroatoms. The van der Waals surface area contributed by atoms with Gasteiger partial charge in [0.05, 0.1) is 6.10 Å². The lowest BCUT2D eigenvalue weighted by Gasteiger charge is -2.16. The van der Waals surface area contributed by atoms with E-state index >= 15 is 0 Å². The van der Waals surface area contributed by atoms with Crippen molar-refractivity contribution < 1.29 is 14.3 Å². The van der Waals surface area contributed by atoms with E-state index in [9.17, 15) is 14.3 Å². The average molecular weight is 208 g/mol. The number of carbonyl (C=O) groups is 1. The van der Waals surface area contributed by atoms with E-state index in [-0.39, 0.29) is 17.5 Å². The highest BCUT2D eigenvalue weighted by Crippen LogP contribution is 2.32. The van der Waals surface area contributed by atoms with Gasteiger partial charge in [-0.15, -0.1) is 0 Å². The first-order valence-corrected chi connectivity index (χ1v) is 5.15. The van der Waals surface area contributed by atoms with Gasteiger partial charge in [-0.1, -0.05) is 12.1 Å². The number of hydrogen-bond donors (Lipinski definition) is 1. The van der Waals surface area contributed by atoms with Crippen molar-refractivity contribution in [3.05, 3.63) is 35.6 Å². The van der Waals surface area contributed by atoms with E-state index in [2.05, 4.69) is 0 Å². The van der Waals surface area contributed by atoms with Crippen LogP contribution in [0.15, 0.2) is 24.3 Å². The third-order valence-electron chi connectivity index (χ3n) is 2.94. The maximum absolute atomic E-state index is 12.7. The number of aliphatic hydroxyl groups is 1. The zero-order chi connectivity index (χ0) is 10.8. The molecule has 1 aromatic rings. The molecule has 80 valence electrons. The Bertz CT molecular complexity index is 358. The molecule has 15 heavy (non-hydrogen) atoms. The van der Waals surface area contributed by atoms with Gasteiger partial charge in [0.15, 0.2) is 0 Å². The molecule has 1 aliphatic carbocycles. The van der Waals surface area contributed by atoms with Crippen molar-refractivity contribution in [2.75, 3.05) is 0 Å². The van der Waals surface area contributed by atoms with E-state index in [1.54, 1.807) is 0 Å². The fourth-order valence-electron chi connectivity index (χ4n) is 2.07. The molecule has 1 aromatic carbocycles. The van der Waals surface area contributed by atoms with Gasteiger partial charge >= 0.3 is 0 Å². The number of Topliss-reactive ketones (excluding diaryl/α,β-unsaturated/α-hetero) is 1. The van der Waals surface area contributed by atoms with E-state index in [1.807, 2.05) is 0 Å². The van der Waals surface area contributed by atoms with Crippen molar-refractivity contribution in [2.45, 2.75) is 25.4 Å². The molecule has 0 heterocycles. The Morgan fingerprint density at radius 2 is 2.00 bits per heavy atom. The van der Waals surface area contributed by atoms with Gasteiger partial charge < -0.3 is 5.11 Å². The lowest BCUT2D eigenvalue weighted by Crippen LogP contribution is -2.16. The molecule has 0 spiro atoms. The van der Waals surface area contributed by atoms with Crippen molar-refractivity contribution >= 4 is 5.78 Å². The zero-order valence-corrected chi connectivity index (χ0v) is 8.32. The first-order chi connectivity index (χ1) is 7.18. The standard InChI is InChI=1S/C12H13FO2/c13-9-6-4-8(5-7-9)12(15)10-2-1-3-11(10)14/h4-7,10,12,15H,1-3H2/t10-,12+/m0/s1. The Kier molecular flexibility index (Phi) is 2.82. The molecule has 1 saturated carbocycles. The second-order valence-electron chi connectivity index (χ2n) is 3.96. The molecule has 0 unspecified atom stereocenters. The van der Waals surface area contributed by atoms with Gasteiger partial charge in [0.1, 0.15) is 11.6 Å². The van der Waals surface area contributed by atoms with Crippen LogP contribution >= 0.6 is 0 Å². The molecular formula is C12H13FO2. The second kappa shape index (κ2) is 4.11. The minimum Gasteiger partial charge on any atom is -0.388 e. The summed E-state index contributed by atoms with van der Waals surface area (Å²) in [6, 6.07) is 5.67. The molecule has 0 aromatic heterocycles. The topological polar surface area (TPSA) is 37.3 Å². The van der Waals surface area contributed by atoms with E-state index in [0.717, 1.165) is 12.8 Å². The number of ketones is 1. The number of benzene rings is 1. The molecule has 0 radical (unpaired) electrons. The van der Waals surface area contributed by atoms with Gasteiger partial charge in [-0.05, 0) is 30.5 Å². The smallest absolute Gasteiger partial charge is 0.138 e. The minimum atomic E-state index is -0.777. The fraction of sp³-hybridized carbons (Fsp3) is 0.417. The maximum Gasteiger partial charge on any atom is 0.138 e. The van der Waals surface area contributed by atoms with Crippen molar-refractivity contribution in [1.82, 2.24) is 0 Å². The Hall–Kier alpha value is -1.22. The van der Waals surface area contributed by atoms with Crippen molar-refractivity contribution in [1.29, 1.82) is 0 Å². The van der Waals surface area contributed by atoms with Crippen LogP contribution in [0.25, 0.3) is 0 Å². The van der Waals surface area contributed by atoms with Crippen LogP contribution in [0.2, 0.25) is 0 Å². The van der Waals surface area contributed by atoms with Crippen molar-refractivity contribution in [2.24, 2.45) is 5.92 Å². The van der Waals surface area contributed by atoms with E-state index in [4.69, 9.17) is 0 Å².